The predicted molar refractivity (Wildman–Crippen MR) is 100 cm³/mol. The van der Waals surface area contributed by atoms with Crippen LogP contribution >= 0.6 is 23.2 Å². The highest BCUT2D eigenvalue weighted by atomic mass is 35.5. The molecule has 1 aliphatic rings. The van der Waals surface area contributed by atoms with E-state index in [1.165, 1.54) is 6.07 Å². The quantitative estimate of drug-likeness (QED) is 0.676. The number of ether oxygens (including phenoxy) is 2. The van der Waals surface area contributed by atoms with E-state index < -0.39 is 0 Å². The number of rotatable bonds is 4. The Morgan fingerprint density at radius 1 is 1.19 bits per heavy atom. The third-order valence-corrected chi connectivity index (χ3v) is 4.87. The van der Waals surface area contributed by atoms with Crippen molar-refractivity contribution in [2.24, 2.45) is 0 Å². The molecular formula is C19H14Cl2N2O3. The van der Waals surface area contributed by atoms with Gasteiger partial charge in [-0.3, -0.25) is 9.36 Å². The van der Waals surface area contributed by atoms with Crippen molar-refractivity contribution in [3.05, 3.63) is 75.1 Å². The lowest BCUT2D eigenvalue weighted by molar-refractivity contribution is 0.143. The lowest BCUT2D eigenvalue weighted by atomic mass is 10.1. The van der Waals surface area contributed by atoms with E-state index in [1.54, 1.807) is 16.8 Å². The second-order valence-electron chi connectivity index (χ2n) is 5.88. The SMILES string of the molecule is O=c1ccn2c(n1)O[C@H](COc1cccc(-c3cccc(Cl)c3Cl)c1)C2. The number of benzene rings is 2. The average Bonchev–Trinajstić information content (AvgIpc) is 3.04. The van der Waals surface area contributed by atoms with Gasteiger partial charge in [0.05, 0.1) is 16.6 Å². The van der Waals surface area contributed by atoms with Gasteiger partial charge in [0.1, 0.15) is 12.4 Å². The number of hydrogen-bond acceptors (Lipinski definition) is 4. The summed E-state index contributed by atoms with van der Waals surface area (Å²) in [5, 5.41) is 1.02. The Morgan fingerprint density at radius 3 is 2.92 bits per heavy atom. The minimum Gasteiger partial charge on any atom is -0.490 e. The molecule has 0 aliphatic carbocycles. The van der Waals surface area contributed by atoms with Crippen LogP contribution < -0.4 is 15.0 Å². The van der Waals surface area contributed by atoms with E-state index in [0.717, 1.165) is 11.1 Å². The van der Waals surface area contributed by atoms with Crippen LogP contribution in [0.4, 0.5) is 0 Å². The highest BCUT2D eigenvalue weighted by molar-refractivity contribution is 6.43. The molecule has 0 unspecified atom stereocenters. The lowest BCUT2D eigenvalue weighted by Gasteiger charge is -2.12. The van der Waals surface area contributed by atoms with Crippen molar-refractivity contribution in [2.75, 3.05) is 6.61 Å². The average molecular weight is 389 g/mol. The van der Waals surface area contributed by atoms with Gasteiger partial charge in [-0.15, -0.1) is 0 Å². The standard InChI is InChI=1S/C19H14Cl2N2O3/c20-16-6-2-5-15(18(16)21)12-3-1-4-13(9-12)25-11-14-10-23-8-7-17(24)22-19(23)26-14/h1-9,14H,10-11H2/t14-/m0/s1. The van der Waals surface area contributed by atoms with Gasteiger partial charge in [-0.1, -0.05) is 47.5 Å². The smallest absolute Gasteiger partial charge is 0.300 e. The Kier molecular flexibility index (Phi) is 4.57. The van der Waals surface area contributed by atoms with Crippen LogP contribution in [-0.4, -0.2) is 22.3 Å². The first-order chi connectivity index (χ1) is 12.6. The molecule has 0 N–H and O–H groups in total. The third-order valence-electron chi connectivity index (χ3n) is 4.05. The largest absolute Gasteiger partial charge is 0.490 e. The molecule has 4 rings (SSSR count). The zero-order chi connectivity index (χ0) is 18.1. The number of fused-ring (bicyclic) bond motifs is 1. The van der Waals surface area contributed by atoms with Crippen molar-refractivity contribution >= 4 is 23.2 Å². The molecule has 3 aromatic rings. The summed E-state index contributed by atoms with van der Waals surface area (Å²) < 4.78 is 13.3. The van der Waals surface area contributed by atoms with Crippen LogP contribution in [0.15, 0.2) is 59.5 Å². The van der Waals surface area contributed by atoms with E-state index in [0.29, 0.717) is 35.0 Å². The zero-order valence-electron chi connectivity index (χ0n) is 13.6. The van der Waals surface area contributed by atoms with Crippen molar-refractivity contribution < 1.29 is 9.47 Å². The molecule has 0 radical (unpaired) electrons. The molecule has 0 fully saturated rings. The summed E-state index contributed by atoms with van der Waals surface area (Å²) in [6.45, 7) is 0.923. The van der Waals surface area contributed by atoms with Crippen LogP contribution in [0.2, 0.25) is 10.0 Å². The fourth-order valence-corrected chi connectivity index (χ4v) is 3.22. The molecule has 0 spiro atoms. The molecule has 2 heterocycles. The van der Waals surface area contributed by atoms with E-state index in [4.69, 9.17) is 32.7 Å². The first-order valence-corrected chi connectivity index (χ1v) is 8.77. The van der Waals surface area contributed by atoms with Crippen LogP contribution in [0.1, 0.15) is 0 Å². The Balaban J connectivity index is 1.47. The second-order valence-corrected chi connectivity index (χ2v) is 6.67. The highest BCUT2D eigenvalue weighted by Crippen LogP contribution is 2.34. The first-order valence-electron chi connectivity index (χ1n) is 8.01. The third kappa shape index (κ3) is 3.41. The van der Waals surface area contributed by atoms with Crippen LogP contribution in [0.3, 0.4) is 0 Å². The fraction of sp³-hybridized carbons (Fsp3) is 0.158. The van der Waals surface area contributed by atoms with Crippen LogP contribution in [0, 0.1) is 0 Å². The summed E-state index contributed by atoms with van der Waals surface area (Å²) in [5.74, 6) is 0.695. The molecule has 0 saturated carbocycles. The summed E-state index contributed by atoms with van der Waals surface area (Å²) in [4.78, 5) is 15.1. The summed E-state index contributed by atoms with van der Waals surface area (Å²) in [6, 6.07) is 14.9. The van der Waals surface area contributed by atoms with Crippen molar-refractivity contribution in [3.8, 4) is 22.9 Å². The van der Waals surface area contributed by atoms with E-state index in [-0.39, 0.29) is 11.7 Å². The highest BCUT2D eigenvalue weighted by Gasteiger charge is 2.23. The van der Waals surface area contributed by atoms with E-state index in [9.17, 15) is 4.79 Å². The molecule has 0 amide bonds. The normalized spacial score (nSPS) is 15.4. The molecule has 1 atom stereocenters. The maximum atomic E-state index is 11.3. The zero-order valence-corrected chi connectivity index (χ0v) is 15.1. The first kappa shape index (κ1) is 16.9. The van der Waals surface area contributed by atoms with Gasteiger partial charge in [0, 0.05) is 17.8 Å². The van der Waals surface area contributed by atoms with E-state index in [1.807, 2.05) is 36.4 Å². The van der Waals surface area contributed by atoms with Crippen molar-refractivity contribution in [1.82, 2.24) is 9.55 Å². The summed E-state index contributed by atoms with van der Waals surface area (Å²) in [5.41, 5.74) is 1.44. The Bertz CT molecular complexity index is 1020. The number of aromatic nitrogens is 2. The number of hydrogen-bond donors (Lipinski definition) is 0. The van der Waals surface area contributed by atoms with Crippen molar-refractivity contribution in [2.45, 2.75) is 12.6 Å². The minimum absolute atomic E-state index is 0.206. The molecule has 1 aliphatic heterocycles. The topological polar surface area (TPSA) is 53.4 Å². The van der Waals surface area contributed by atoms with Crippen molar-refractivity contribution in [3.63, 3.8) is 0 Å². The molecule has 0 saturated heterocycles. The second kappa shape index (κ2) is 7.02. The van der Waals surface area contributed by atoms with Gasteiger partial charge in [-0.2, -0.15) is 4.98 Å². The predicted octanol–water partition coefficient (Wildman–Crippen LogP) is 4.06. The maximum Gasteiger partial charge on any atom is 0.300 e. The van der Waals surface area contributed by atoms with Gasteiger partial charge < -0.3 is 9.47 Å². The molecule has 2 aromatic carbocycles. The van der Waals surface area contributed by atoms with Gasteiger partial charge in [0.2, 0.25) is 0 Å². The number of halogens is 2. The fourth-order valence-electron chi connectivity index (χ4n) is 2.81. The lowest BCUT2D eigenvalue weighted by Crippen LogP contribution is -2.23. The van der Waals surface area contributed by atoms with Crippen LogP contribution in [-0.2, 0) is 6.54 Å². The van der Waals surface area contributed by atoms with Gasteiger partial charge in [-0.05, 0) is 23.8 Å². The van der Waals surface area contributed by atoms with Crippen molar-refractivity contribution in [1.29, 1.82) is 0 Å². The van der Waals surface area contributed by atoms with Gasteiger partial charge >= 0.3 is 0 Å². The maximum absolute atomic E-state index is 11.3. The van der Waals surface area contributed by atoms with Gasteiger partial charge in [0.15, 0.2) is 6.10 Å². The van der Waals surface area contributed by atoms with Crippen LogP contribution in [0.5, 0.6) is 11.8 Å². The Labute approximate surface area is 159 Å². The van der Waals surface area contributed by atoms with E-state index >= 15 is 0 Å². The van der Waals surface area contributed by atoms with Gasteiger partial charge in [-0.25, -0.2) is 0 Å². The molecular weight excluding hydrogens is 375 g/mol. The Morgan fingerprint density at radius 2 is 2.04 bits per heavy atom. The summed E-state index contributed by atoms with van der Waals surface area (Å²) in [7, 11) is 0. The molecule has 132 valence electrons. The van der Waals surface area contributed by atoms with E-state index in [2.05, 4.69) is 4.98 Å². The number of nitrogens with zero attached hydrogens (tertiary/aromatic N) is 2. The van der Waals surface area contributed by atoms with Crippen LogP contribution in [0.25, 0.3) is 11.1 Å². The molecule has 7 heteroatoms. The summed E-state index contributed by atoms with van der Waals surface area (Å²) >= 11 is 12.4. The summed E-state index contributed by atoms with van der Waals surface area (Å²) in [6.07, 6.45) is 1.47. The van der Waals surface area contributed by atoms with Gasteiger partial charge in [0.25, 0.3) is 11.6 Å². The molecule has 26 heavy (non-hydrogen) atoms. The monoisotopic (exact) mass is 388 g/mol. The molecule has 5 nitrogen and oxygen atoms in total. The minimum atomic E-state index is -0.316. The molecule has 0 bridgehead atoms. The Hall–Kier alpha value is -2.50. The molecule has 1 aromatic heterocycles.